The van der Waals surface area contributed by atoms with Crippen LogP contribution in [0.3, 0.4) is 0 Å². The number of benzene rings is 2. The number of hydrogen-bond donors (Lipinski definition) is 1. The first-order valence-corrected chi connectivity index (χ1v) is 9.68. The quantitative estimate of drug-likeness (QED) is 0.728. The van der Waals surface area contributed by atoms with Crippen molar-refractivity contribution in [3.8, 4) is 22.8 Å². The summed E-state index contributed by atoms with van der Waals surface area (Å²) >= 11 is 0. The van der Waals surface area contributed by atoms with E-state index in [1.165, 1.54) is 0 Å². The second-order valence-electron chi connectivity index (χ2n) is 7.32. The summed E-state index contributed by atoms with van der Waals surface area (Å²) in [4.78, 5) is 14.8. The Bertz CT molecular complexity index is 1090. The number of carbonyl (C=O) groups is 1. The highest BCUT2D eigenvalue weighted by atomic mass is 16.5. The van der Waals surface area contributed by atoms with Crippen molar-refractivity contribution >= 4 is 11.6 Å². The van der Waals surface area contributed by atoms with Gasteiger partial charge in [0.1, 0.15) is 6.17 Å². The maximum atomic E-state index is 12.7. The van der Waals surface area contributed by atoms with E-state index < -0.39 is 0 Å². The topological polar surface area (TPSA) is 68.6 Å². The van der Waals surface area contributed by atoms with Crippen LogP contribution in [0.1, 0.15) is 28.5 Å². The first-order valence-electron chi connectivity index (χ1n) is 9.68. The van der Waals surface area contributed by atoms with Gasteiger partial charge in [-0.25, -0.2) is 0 Å². The van der Waals surface area contributed by atoms with Crippen LogP contribution in [0.25, 0.3) is 11.3 Å². The Morgan fingerprint density at radius 3 is 2.72 bits per heavy atom. The van der Waals surface area contributed by atoms with Gasteiger partial charge in [-0.05, 0) is 30.3 Å². The number of amides is 1. The molecule has 1 amide bonds. The van der Waals surface area contributed by atoms with Gasteiger partial charge in [0.2, 0.25) is 0 Å². The van der Waals surface area contributed by atoms with Crippen LogP contribution in [-0.2, 0) is 7.05 Å². The average molecular weight is 390 g/mol. The third-order valence-corrected chi connectivity index (χ3v) is 5.36. The van der Waals surface area contributed by atoms with Crippen LogP contribution in [0.15, 0.2) is 48.7 Å². The predicted octanol–water partition coefficient (Wildman–Crippen LogP) is 3.13. The molecule has 0 spiro atoms. The smallest absolute Gasteiger partial charge is 0.255 e. The number of ether oxygens (including phenoxy) is 2. The predicted molar refractivity (Wildman–Crippen MR) is 109 cm³/mol. The first-order chi connectivity index (χ1) is 14.1. The van der Waals surface area contributed by atoms with Gasteiger partial charge in [-0.1, -0.05) is 12.1 Å². The standard InChI is InChI=1S/C22H22N4O3/c1-25-13-16(21-23-22(27)15-6-3-4-7-17(15)26(21)2)20(24-25)14-8-9-18-19(12-14)29-11-5-10-28-18/h3-4,6-9,12-13,21H,5,10-11H2,1-2H3,(H,23,27)/t21-/m0/s1. The molecule has 2 aromatic carbocycles. The summed E-state index contributed by atoms with van der Waals surface area (Å²) in [6.07, 6.45) is 2.49. The van der Waals surface area contributed by atoms with Gasteiger partial charge in [-0.3, -0.25) is 9.48 Å². The van der Waals surface area contributed by atoms with Crippen LogP contribution in [0.4, 0.5) is 5.69 Å². The van der Waals surface area contributed by atoms with Crippen molar-refractivity contribution in [2.45, 2.75) is 12.6 Å². The number of aromatic nitrogens is 2. The molecule has 7 nitrogen and oxygen atoms in total. The SMILES string of the molecule is CN1c2ccccc2C(=O)N[C@@H]1c1cn(C)nc1-c1ccc2c(c1)OCCCO2. The number of fused-ring (bicyclic) bond motifs is 2. The maximum absolute atomic E-state index is 12.7. The molecule has 0 saturated heterocycles. The van der Waals surface area contributed by atoms with Crippen molar-refractivity contribution < 1.29 is 14.3 Å². The monoisotopic (exact) mass is 390 g/mol. The molecule has 148 valence electrons. The second-order valence-corrected chi connectivity index (χ2v) is 7.32. The molecule has 3 heterocycles. The van der Waals surface area contributed by atoms with Gasteiger partial charge in [-0.2, -0.15) is 5.10 Å². The average Bonchev–Trinajstić information content (AvgIpc) is 2.97. The molecule has 3 aromatic rings. The van der Waals surface area contributed by atoms with Crippen LogP contribution < -0.4 is 19.7 Å². The van der Waals surface area contributed by atoms with Crippen LogP contribution in [-0.4, -0.2) is 35.9 Å². The van der Waals surface area contributed by atoms with E-state index in [4.69, 9.17) is 9.47 Å². The number of anilines is 1. The minimum atomic E-state index is -0.322. The first kappa shape index (κ1) is 17.6. The minimum absolute atomic E-state index is 0.0860. The lowest BCUT2D eigenvalue weighted by Gasteiger charge is -2.36. The molecule has 1 aromatic heterocycles. The third-order valence-electron chi connectivity index (χ3n) is 5.36. The zero-order valence-electron chi connectivity index (χ0n) is 16.4. The summed E-state index contributed by atoms with van der Waals surface area (Å²) in [6, 6.07) is 13.5. The summed E-state index contributed by atoms with van der Waals surface area (Å²) < 4.78 is 13.4. The van der Waals surface area contributed by atoms with Gasteiger partial charge in [0.25, 0.3) is 5.91 Å². The van der Waals surface area contributed by atoms with Gasteiger partial charge >= 0.3 is 0 Å². The zero-order chi connectivity index (χ0) is 20.0. The number of aryl methyl sites for hydroxylation is 1. The molecule has 1 N–H and O–H groups in total. The van der Waals surface area contributed by atoms with E-state index in [1.54, 1.807) is 4.68 Å². The number of nitrogens with one attached hydrogen (secondary N) is 1. The molecule has 7 heteroatoms. The molecule has 0 aliphatic carbocycles. The molecular formula is C22H22N4O3. The van der Waals surface area contributed by atoms with Gasteiger partial charge in [0.05, 0.1) is 30.2 Å². The van der Waals surface area contributed by atoms with E-state index in [-0.39, 0.29) is 12.1 Å². The third kappa shape index (κ3) is 2.99. The van der Waals surface area contributed by atoms with E-state index in [0.29, 0.717) is 18.8 Å². The normalized spacial score (nSPS) is 18.1. The fourth-order valence-electron chi connectivity index (χ4n) is 3.94. The van der Waals surface area contributed by atoms with Gasteiger partial charge in [-0.15, -0.1) is 0 Å². The van der Waals surface area contributed by atoms with Gasteiger partial charge in [0, 0.05) is 37.8 Å². The molecule has 2 aliphatic heterocycles. The molecule has 0 saturated carbocycles. The molecule has 0 radical (unpaired) electrons. The van der Waals surface area contributed by atoms with Crippen LogP contribution in [0, 0.1) is 0 Å². The fourth-order valence-corrected chi connectivity index (χ4v) is 3.94. The van der Waals surface area contributed by atoms with Crippen LogP contribution in [0.5, 0.6) is 11.5 Å². The van der Waals surface area contributed by atoms with Gasteiger partial charge in [0.15, 0.2) is 11.5 Å². The Morgan fingerprint density at radius 1 is 1.07 bits per heavy atom. The van der Waals surface area contributed by atoms with E-state index >= 15 is 0 Å². The lowest BCUT2D eigenvalue weighted by atomic mass is 10.0. The molecule has 1 atom stereocenters. The molecule has 29 heavy (non-hydrogen) atoms. The Morgan fingerprint density at radius 2 is 1.86 bits per heavy atom. The molecular weight excluding hydrogens is 368 g/mol. The summed E-state index contributed by atoms with van der Waals surface area (Å²) in [5, 5.41) is 7.80. The lowest BCUT2D eigenvalue weighted by molar-refractivity contribution is 0.0928. The van der Waals surface area contributed by atoms with E-state index in [0.717, 1.165) is 40.4 Å². The van der Waals surface area contributed by atoms with Crippen LogP contribution in [0.2, 0.25) is 0 Å². The Hall–Kier alpha value is -3.48. The number of rotatable bonds is 2. The van der Waals surface area contributed by atoms with Crippen molar-refractivity contribution in [3.05, 3.63) is 59.8 Å². The van der Waals surface area contributed by atoms with E-state index in [1.807, 2.05) is 62.8 Å². The van der Waals surface area contributed by atoms with E-state index in [2.05, 4.69) is 15.3 Å². The highest BCUT2D eigenvalue weighted by Gasteiger charge is 2.32. The number of hydrogen-bond acceptors (Lipinski definition) is 5. The highest BCUT2D eigenvalue weighted by Crippen LogP contribution is 2.38. The molecule has 5 rings (SSSR count). The van der Waals surface area contributed by atoms with Crippen molar-refractivity contribution in [2.24, 2.45) is 7.05 Å². The Balaban J connectivity index is 1.57. The van der Waals surface area contributed by atoms with Crippen molar-refractivity contribution in [1.82, 2.24) is 15.1 Å². The second kappa shape index (κ2) is 6.84. The van der Waals surface area contributed by atoms with Crippen molar-refractivity contribution in [3.63, 3.8) is 0 Å². The van der Waals surface area contributed by atoms with Crippen molar-refractivity contribution in [1.29, 1.82) is 0 Å². The fraction of sp³-hybridized carbons (Fsp3) is 0.273. The molecule has 2 aliphatic rings. The molecule has 0 unspecified atom stereocenters. The molecule has 0 bridgehead atoms. The zero-order valence-corrected chi connectivity index (χ0v) is 16.4. The largest absolute Gasteiger partial charge is 0.490 e. The highest BCUT2D eigenvalue weighted by molar-refractivity contribution is 6.02. The minimum Gasteiger partial charge on any atom is -0.490 e. The summed E-state index contributed by atoms with van der Waals surface area (Å²) in [6.45, 7) is 1.28. The number of nitrogens with zero attached hydrogens (tertiary/aromatic N) is 3. The van der Waals surface area contributed by atoms with Crippen LogP contribution >= 0.6 is 0 Å². The summed E-state index contributed by atoms with van der Waals surface area (Å²) in [5.74, 6) is 1.39. The van der Waals surface area contributed by atoms with E-state index in [9.17, 15) is 4.79 Å². The van der Waals surface area contributed by atoms with Gasteiger partial charge < -0.3 is 19.7 Å². The Labute approximate surface area is 168 Å². The number of para-hydroxylation sites is 1. The summed E-state index contributed by atoms with van der Waals surface area (Å²) in [7, 11) is 3.86. The number of carbonyl (C=O) groups excluding carboxylic acids is 1. The lowest BCUT2D eigenvalue weighted by Crippen LogP contribution is -2.44. The maximum Gasteiger partial charge on any atom is 0.255 e. The van der Waals surface area contributed by atoms with Crippen molar-refractivity contribution in [2.75, 3.05) is 25.2 Å². The summed E-state index contributed by atoms with van der Waals surface area (Å²) in [5.41, 5.74) is 4.22. The Kier molecular flexibility index (Phi) is 4.16. The molecule has 0 fully saturated rings.